The molecule has 0 aliphatic heterocycles. The monoisotopic (exact) mass is 471 g/mol. The highest BCUT2D eigenvalue weighted by Gasteiger charge is 2.21. The summed E-state index contributed by atoms with van der Waals surface area (Å²) < 4.78 is 35.0. The highest BCUT2D eigenvalue weighted by Crippen LogP contribution is 2.24. The van der Waals surface area contributed by atoms with Crippen molar-refractivity contribution >= 4 is 35.6 Å². The van der Waals surface area contributed by atoms with Crippen LogP contribution in [0.1, 0.15) is 47.9 Å². The van der Waals surface area contributed by atoms with E-state index in [-0.39, 0.29) is 36.5 Å². The van der Waals surface area contributed by atoms with Crippen LogP contribution in [0.15, 0.2) is 36.5 Å². The normalized spacial score (nSPS) is 11.8. The maximum Gasteiger partial charge on any atom is 0.270 e. The van der Waals surface area contributed by atoms with Gasteiger partial charge in [0.05, 0.1) is 11.3 Å². The van der Waals surface area contributed by atoms with Gasteiger partial charge in [0, 0.05) is 18.1 Å². The number of alkyl halides is 1. The lowest BCUT2D eigenvalue weighted by Gasteiger charge is -2.16. The van der Waals surface area contributed by atoms with E-state index >= 15 is 0 Å². The number of amides is 1. The van der Waals surface area contributed by atoms with Gasteiger partial charge in [-0.25, -0.2) is 13.8 Å². The van der Waals surface area contributed by atoms with Crippen LogP contribution in [0.2, 0.25) is 0 Å². The molecule has 9 heteroatoms. The largest absolute Gasteiger partial charge is 0.485 e. The van der Waals surface area contributed by atoms with Crippen molar-refractivity contribution in [3.63, 3.8) is 0 Å². The zero-order valence-electron chi connectivity index (χ0n) is 17.3. The van der Waals surface area contributed by atoms with Crippen LogP contribution >= 0.6 is 24.0 Å². The van der Waals surface area contributed by atoms with Crippen LogP contribution in [-0.4, -0.2) is 27.2 Å². The topological polar surface area (TPSA) is 55.6 Å². The Bertz CT molecular complexity index is 1020. The molecule has 0 radical (unpaired) electrons. The average Bonchev–Trinajstić information content (AvgIpc) is 3.07. The van der Waals surface area contributed by atoms with E-state index < -0.39 is 11.6 Å². The second-order valence-electron chi connectivity index (χ2n) is 7.07. The van der Waals surface area contributed by atoms with Gasteiger partial charge in [0.2, 0.25) is 0 Å². The quantitative estimate of drug-likeness (QED) is 0.422. The summed E-state index contributed by atoms with van der Waals surface area (Å²) in [5.74, 6) is -0.993. The number of carbonyl (C=O) groups is 1. The Morgan fingerprint density at radius 1 is 1.26 bits per heavy atom. The minimum atomic E-state index is -0.680. The molecule has 0 aliphatic carbocycles. The molecule has 31 heavy (non-hydrogen) atoms. The van der Waals surface area contributed by atoms with Crippen molar-refractivity contribution in [1.29, 1.82) is 0 Å². The van der Waals surface area contributed by atoms with Gasteiger partial charge in [-0.15, -0.1) is 24.0 Å². The fraction of sp³-hybridized carbons (Fsp3) is 0.364. The minimum Gasteiger partial charge on any atom is -0.485 e. The summed E-state index contributed by atoms with van der Waals surface area (Å²) in [4.78, 5) is 17.3. The number of imidazole rings is 1. The van der Waals surface area contributed by atoms with Crippen LogP contribution in [-0.2, 0) is 6.61 Å². The van der Waals surface area contributed by atoms with Crippen molar-refractivity contribution < 1.29 is 18.3 Å². The molecule has 168 valence electrons. The number of fused-ring (bicyclic) bond motifs is 1. The van der Waals surface area contributed by atoms with E-state index in [2.05, 4.69) is 17.2 Å². The Hall–Kier alpha value is -2.38. The van der Waals surface area contributed by atoms with Crippen LogP contribution in [0.4, 0.5) is 8.78 Å². The van der Waals surface area contributed by atoms with Gasteiger partial charge in [-0.3, -0.25) is 9.20 Å². The van der Waals surface area contributed by atoms with Gasteiger partial charge in [-0.05, 0) is 37.6 Å². The molecule has 1 aromatic carbocycles. The molecule has 2 heterocycles. The second kappa shape index (κ2) is 11.3. The van der Waals surface area contributed by atoms with E-state index in [0.717, 1.165) is 19.3 Å². The number of aromatic nitrogens is 2. The summed E-state index contributed by atoms with van der Waals surface area (Å²) in [5.41, 5.74) is 1.12. The first-order chi connectivity index (χ1) is 14.5. The molecule has 0 fully saturated rings. The highest BCUT2D eigenvalue weighted by molar-refractivity contribution is 6.18. The molecule has 2 aromatic heterocycles. The standard InChI is InChI=1S/C22H24ClF2N3O2.ClH/c1-3-4-7-15(12-23)27-22(29)20-14(2)26-21-19(10-6-11-28(20)21)30-13-16-17(24)8-5-9-18(16)25;/h5-6,8-11,15H,3-4,7,12-13H2,1-2H3,(H,27,29);1H/t15-;/m1./s1. The smallest absolute Gasteiger partial charge is 0.270 e. The molecule has 0 unspecified atom stereocenters. The number of unbranched alkanes of at least 4 members (excludes halogenated alkanes) is 1. The van der Waals surface area contributed by atoms with Gasteiger partial charge in [-0.1, -0.05) is 25.8 Å². The van der Waals surface area contributed by atoms with Crippen molar-refractivity contribution in [2.24, 2.45) is 0 Å². The van der Waals surface area contributed by atoms with Gasteiger partial charge in [0.1, 0.15) is 23.9 Å². The highest BCUT2D eigenvalue weighted by atomic mass is 35.5. The molecule has 3 aromatic rings. The summed E-state index contributed by atoms with van der Waals surface area (Å²) >= 11 is 6.00. The number of nitrogens with zero attached hydrogens (tertiary/aromatic N) is 2. The van der Waals surface area contributed by atoms with E-state index in [9.17, 15) is 13.6 Å². The predicted octanol–water partition coefficient (Wildman–Crippen LogP) is 5.45. The maximum absolute atomic E-state index is 13.9. The van der Waals surface area contributed by atoms with E-state index in [1.54, 1.807) is 29.7 Å². The lowest BCUT2D eigenvalue weighted by atomic mass is 10.1. The summed E-state index contributed by atoms with van der Waals surface area (Å²) in [6.07, 6.45) is 4.47. The fourth-order valence-electron chi connectivity index (χ4n) is 3.25. The number of hydrogen-bond acceptors (Lipinski definition) is 3. The predicted molar refractivity (Wildman–Crippen MR) is 119 cm³/mol. The number of carbonyl (C=O) groups excluding carboxylic acids is 1. The van der Waals surface area contributed by atoms with E-state index in [1.807, 2.05) is 0 Å². The molecule has 1 N–H and O–H groups in total. The molecule has 3 rings (SSSR count). The number of ether oxygens (including phenoxy) is 1. The first-order valence-corrected chi connectivity index (χ1v) is 10.4. The Kier molecular flexibility index (Phi) is 9.07. The molecule has 1 atom stereocenters. The zero-order valence-corrected chi connectivity index (χ0v) is 18.9. The van der Waals surface area contributed by atoms with Crippen LogP contribution in [0.5, 0.6) is 5.75 Å². The zero-order chi connectivity index (χ0) is 21.7. The third-order valence-electron chi connectivity index (χ3n) is 4.86. The van der Waals surface area contributed by atoms with Gasteiger partial charge in [0.25, 0.3) is 5.91 Å². The fourth-order valence-corrected chi connectivity index (χ4v) is 3.49. The van der Waals surface area contributed by atoms with Gasteiger partial charge in [0.15, 0.2) is 11.4 Å². The van der Waals surface area contributed by atoms with E-state index in [4.69, 9.17) is 16.3 Å². The molecule has 0 aliphatic rings. The van der Waals surface area contributed by atoms with Crippen molar-refractivity contribution in [3.8, 4) is 5.75 Å². The Morgan fingerprint density at radius 2 is 1.97 bits per heavy atom. The van der Waals surface area contributed by atoms with E-state index in [1.165, 1.54) is 18.2 Å². The maximum atomic E-state index is 13.9. The minimum absolute atomic E-state index is 0. The number of halogens is 4. The molecule has 1 amide bonds. The van der Waals surface area contributed by atoms with Crippen molar-refractivity contribution in [3.05, 3.63) is 65.1 Å². The lowest BCUT2D eigenvalue weighted by Crippen LogP contribution is -2.37. The number of rotatable bonds is 9. The average molecular weight is 472 g/mol. The Balaban J connectivity index is 0.00000341. The number of pyridine rings is 1. The lowest BCUT2D eigenvalue weighted by molar-refractivity contribution is 0.0932. The number of nitrogens with one attached hydrogen (secondary N) is 1. The van der Waals surface area contributed by atoms with Gasteiger partial charge in [-0.2, -0.15) is 0 Å². The van der Waals surface area contributed by atoms with Crippen molar-refractivity contribution in [2.75, 3.05) is 5.88 Å². The first kappa shape index (κ1) is 24.9. The number of aryl methyl sites for hydroxylation is 1. The molecule has 0 saturated heterocycles. The van der Waals surface area contributed by atoms with Crippen molar-refractivity contribution in [1.82, 2.24) is 14.7 Å². The third kappa shape index (κ3) is 5.66. The molecule has 0 spiro atoms. The van der Waals surface area contributed by atoms with Crippen LogP contribution in [0.25, 0.3) is 5.65 Å². The number of benzene rings is 1. The summed E-state index contributed by atoms with van der Waals surface area (Å²) in [6, 6.07) is 6.85. The Morgan fingerprint density at radius 3 is 2.61 bits per heavy atom. The van der Waals surface area contributed by atoms with Gasteiger partial charge >= 0.3 is 0 Å². The summed E-state index contributed by atoms with van der Waals surface area (Å²) in [6.45, 7) is 3.51. The second-order valence-corrected chi connectivity index (χ2v) is 7.38. The molecular formula is C22H25Cl2F2N3O2. The third-order valence-corrected chi connectivity index (χ3v) is 5.24. The van der Waals surface area contributed by atoms with Crippen molar-refractivity contribution in [2.45, 2.75) is 45.8 Å². The first-order valence-electron chi connectivity index (χ1n) is 9.86. The summed E-state index contributed by atoms with van der Waals surface area (Å²) in [5, 5.41) is 2.96. The molecule has 5 nitrogen and oxygen atoms in total. The summed E-state index contributed by atoms with van der Waals surface area (Å²) in [7, 11) is 0. The molecule has 0 saturated carbocycles. The van der Waals surface area contributed by atoms with Crippen LogP contribution < -0.4 is 10.1 Å². The number of hydrogen-bond donors (Lipinski definition) is 1. The SMILES string of the molecule is CCCC[C@H](CCl)NC(=O)c1c(C)nc2c(OCc3c(F)cccc3F)cccn12.Cl. The van der Waals surface area contributed by atoms with Crippen LogP contribution in [0, 0.1) is 18.6 Å². The van der Waals surface area contributed by atoms with E-state index in [0.29, 0.717) is 28.7 Å². The van der Waals surface area contributed by atoms with Gasteiger partial charge < -0.3 is 10.1 Å². The molecular weight excluding hydrogens is 447 g/mol. The van der Waals surface area contributed by atoms with Crippen LogP contribution in [0.3, 0.4) is 0 Å². The molecule has 0 bridgehead atoms. The Labute approximate surface area is 191 Å².